The summed E-state index contributed by atoms with van der Waals surface area (Å²) in [4.78, 5) is 0. The first-order valence-corrected chi connectivity index (χ1v) is 9.53. The highest BCUT2D eigenvalue weighted by molar-refractivity contribution is 7.26. The molecule has 0 atom stereocenters. The first kappa shape index (κ1) is 15.2. The van der Waals surface area contributed by atoms with E-state index >= 15 is 0 Å². The summed E-state index contributed by atoms with van der Waals surface area (Å²) in [6.07, 6.45) is 0. The fourth-order valence-electron chi connectivity index (χ4n) is 3.40. The van der Waals surface area contributed by atoms with Gasteiger partial charge in [0.25, 0.3) is 0 Å². The van der Waals surface area contributed by atoms with Gasteiger partial charge in [0.05, 0.1) is 0 Å². The van der Waals surface area contributed by atoms with Gasteiger partial charge in [0.1, 0.15) is 0 Å². The second-order valence-electron chi connectivity index (χ2n) is 6.35. The fourth-order valence-corrected chi connectivity index (χ4v) is 4.63. The van der Waals surface area contributed by atoms with E-state index in [4.69, 9.17) is 0 Å². The van der Waals surface area contributed by atoms with Gasteiger partial charge in [-0.05, 0) is 41.5 Å². The van der Waals surface area contributed by atoms with E-state index < -0.39 is 0 Å². The van der Waals surface area contributed by atoms with Gasteiger partial charge in [-0.25, -0.2) is 0 Å². The maximum absolute atomic E-state index is 3.44. The number of rotatable bonds is 3. The van der Waals surface area contributed by atoms with Gasteiger partial charge in [-0.2, -0.15) is 0 Å². The minimum Gasteiger partial charge on any atom is -0.356 e. The molecule has 0 saturated heterocycles. The van der Waals surface area contributed by atoms with E-state index in [0.29, 0.717) is 0 Å². The lowest BCUT2D eigenvalue weighted by atomic mass is 10.0. The topological polar surface area (TPSA) is 12.0 Å². The second-order valence-corrected chi connectivity index (χ2v) is 7.40. The predicted molar refractivity (Wildman–Crippen MR) is 114 cm³/mol. The van der Waals surface area contributed by atoms with Gasteiger partial charge in [-0.3, -0.25) is 0 Å². The van der Waals surface area contributed by atoms with Crippen molar-refractivity contribution in [1.82, 2.24) is 0 Å². The molecule has 0 spiro atoms. The highest BCUT2D eigenvalue weighted by atomic mass is 32.1. The summed E-state index contributed by atoms with van der Waals surface area (Å²) in [6.45, 7) is 0. The Bertz CT molecular complexity index is 1190. The smallest absolute Gasteiger partial charge is 0.0433 e. The van der Waals surface area contributed by atoms with Crippen LogP contribution >= 0.6 is 11.3 Å². The molecule has 1 aromatic heterocycles. The maximum atomic E-state index is 3.44. The first-order chi connectivity index (χ1) is 12.9. The summed E-state index contributed by atoms with van der Waals surface area (Å²) in [7, 11) is 0. The molecule has 0 aliphatic carbocycles. The van der Waals surface area contributed by atoms with Crippen molar-refractivity contribution in [1.29, 1.82) is 0 Å². The van der Waals surface area contributed by atoms with Crippen LogP contribution in [0.15, 0.2) is 97.1 Å². The Kier molecular flexibility index (Phi) is 3.69. The quantitative estimate of drug-likeness (QED) is 0.355. The average Bonchev–Trinajstić information content (AvgIpc) is 3.08. The Morgan fingerprint density at radius 2 is 1.23 bits per heavy atom. The zero-order valence-electron chi connectivity index (χ0n) is 14.1. The third kappa shape index (κ3) is 2.65. The largest absolute Gasteiger partial charge is 0.356 e. The second kappa shape index (κ2) is 6.32. The molecule has 5 rings (SSSR count). The summed E-state index contributed by atoms with van der Waals surface area (Å²) in [5, 5.41) is 6.13. The van der Waals surface area contributed by atoms with Crippen LogP contribution in [-0.2, 0) is 0 Å². The van der Waals surface area contributed by atoms with Crippen molar-refractivity contribution in [2.45, 2.75) is 0 Å². The molecule has 124 valence electrons. The molecule has 0 aliphatic heterocycles. The van der Waals surface area contributed by atoms with Crippen LogP contribution in [0.2, 0.25) is 0 Å². The molecular formula is C24H17NS. The molecule has 1 N–H and O–H groups in total. The molecule has 0 aliphatic rings. The first-order valence-electron chi connectivity index (χ1n) is 8.71. The summed E-state index contributed by atoms with van der Waals surface area (Å²) >= 11 is 1.87. The lowest BCUT2D eigenvalue weighted by molar-refractivity contribution is 1.55. The van der Waals surface area contributed by atoms with Crippen LogP contribution in [0, 0.1) is 0 Å². The van der Waals surface area contributed by atoms with Crippen molar-refractivity contribution in [3.8, 4) is 11.1 Å². The van der Waals surface area contributed by atoms with Crippen LogP contribution in [0.3, 0.4) is 0 Å². The number of nitrogens with one attached hydrogen (secondary N) is 1. The summed E-state index contributed by atoms with van der Waals surface area (Å²) < 4.78 is 2.70. The zero-order valence-corrected chi connectivity index (χ0v) is 15.0. The van der Waals surface area contributed by atoms with E-state index in [1.807, 2.05) is 29.5 Å². The molecule has 0 amide bonds. The van der Waals surface area contributed by atoms with Crippen LogP contribution in [0.1, 0.15) is 0 Å². The van der Waals surface area contributed by atoms with Gasteiger partial charge < -0.3 is 5.32 Å². The molecule has 0 radical (unpaired) electrons. The minimum atomic E-state index is 1.10. The molecule has 1 heterocycles. The Morgan fingerprint density at radius 3 is 2.08 bits per heavy atom. The molecule has 0 bridgehead atoms. The highest BCUT2D eigenvalue weighted by Gasteiger charge is 2.09. The number of anilines is 2. The molecule has 0 fully saturated rings. The van der Waals surface area contributed by atoms with Crippen molar-refractivity contribution < 1.29 is 0 Å². The fraction of sp³-hybridized carbons (Fsp3) is 0. The molecule has 5 aromatic rings. The predicted octanol–water partition coefficient (Wildman–Crippen LogP) is 7.47. The van der Waals surface area contributed by atoms with E-state index in [2.05, 4.69) is 84.2 Å². The highest BCUT2D eigenvalue weighted by Crippen LogP contribution is 2.39. The van der Waals surface area contributed by atoms with Gasteiger partial charge in [0.15, 0.2) is 0 Å². The molecule has 0 unspecified atom stereocenters. The molecule has 2 heteroatoms. The SMILES string of the molecule is c1ccc(Nc2ccc(-c3cccc4c3sc3ccccc34)cc2)cc1. The van der Waals surface area contributed by atoms with Crippen LogP contribution in [0.25, 0.3) is 31.3 Å². The third-order valence-electron chi connectivity index (χ3n) is 4.66. The van der Waals surface area contributed by atoms with Crippen molar-refractivity contribution in [3.05, 3.63) is 97.1 Å². The third-order valence-corrected chi connectivity index (χ3v) is 5.88. The Balaban J connectivity index is 1.55. The van der Waals surface area contributed by atoms with Crippen LogP contribution in [-0.4, -0.2) is 0 Å². The Morgan fingerprint density at radius 1 is 0.538 bits per heavy atom. The van der Waals surface area contributed by atoms with E-state index in [-0.39, 0.29) is 0 Å². The minimum absolute atomic E-state index is 1.10. The number of hydrogen-bond acceptors (Lipinski definition) is 2. The van der Waals surface area contributed by atoms with E-state index in [1.165, 1.54) is 31.3 Å². The van der Waals surface area contributed by atoms with Gasteiger partial charge in [0, 0.05) is 31.5 Å². The van der Waals surface area contributed by atoms with Crippen molar-refractivity contribution >= 4 is 42.9 Å². The molecule has 4 aromatic carbocycles. The monoisotopic (exact) mass is 351 g/mol. The van der Waals surface area contributed by atoms with E-state index in [9.17, 15) is 0 Å². The number of para-hydroxylation sites is 1. The van der Waals surface area contributed by atoms with Gasteiger partial charge >= 0.3 is 0 Å². The summed E-state index contributed by atoms with van der Waals surface area (Å²) in [5.74, 6) is 0. The maximum Gasteiger partial charge on any atom is 0.0433 e. The van der Waals surface area contributed by atoms with Crippen molar-refractivity contribution in [2.24, 2.45) is 0 Å². The standard InChI is InChI=1S/C24H17NS/c1-2-7-18(8-3-1)25-19-15-13-17(14-16-19)20-10-6-11-22-21-9-4-5-12-23(21)26-24(20)22/h1-16,25H. The van der Waals surface area contributed by atoms with Crippen LogP contribution in [0.5, 0.6) is 0 Å². The summed E-state index contributed by atoms with van der Waals surface area (Å²) in [5.41, 5.74) is 4.76. The number of thiophene rings is 1. The van der Waals surface area contributed by atoms with Gasteiger partial charge in [-0.15, -0.1) is 11.3 Å². The van der Waals surface area contributed by atoms with Gasteiger partial charge in [0.2, 0.25) is 0 Å². The molecular weight excluding hydrogens is 334 g/mol. The van der Waals surface area contributed by atoms with Crippen LogP contribution < -0.4 is 5.32 Å². The van der Waals surface area contributed by atoms with E-state index in [0.717, 1.165) is 11.4 Å². The molecule has 26 heavy (non-hydrogen) atoms. The lowest BCUT2D eigenvalue weighted by Gasteiger charge is -2.08. The molecule has 1 nitrogen and oxygen atoms in total. The van der Waals surface area contributed by atoms with Gasteiger partial charge in [-0.1, -0.05) is 66.7 Å². The Labute approximate surface area is 156 Å². The lowest BCUT2D eigenvalue weighted by Crippen LogP contribution is -1.89. The number of benzene rings is 4. The zero-order chi connectivity index (χ0) is 17.3. The normalized spacial score (nSPS) is 11.1. The number of fused-ring (bicyclic) bond motifs is 3. The van der Waals surface area contributed by atoms with Crippen molar-refractivity contribution in [2.75, 3.05) is 5.32 Å². The Hall–Kier alpha value is -3.10. The number of hydrogen-bond donors (Lipinski definition) is 1. The van der Waals surface area contributed by atoms with Crippen LogP contribution in [0.4, 0.5) is 11.4 Å². The average molecular weight is 351 g/mol. The van der Waals surface area contributed by atoms with Crippen molar-refractivity contribution in [3.63, 3.8) is 0 Å². The molecule has 0 saturated carbocycles. The van der Waals surface area contributed by atoms with E-state index in [1.54, 1.807) is 0 Å². The summed E-state index contributed by atoms with van der Waals surface area (Å²) in [6, 6.07) is 34.2.